The van der Waals surface area contributed by atoms with Crippen molar-refractivity contribution in [3.8, 4) is 35.7 Å². The molecule has 0 unspecified atom stereocenters. The van der Waals surface area contributed by atoms with Gasteiger partial charge in [0.15, 0.2) is 11.6 Å². The van der Waals surface area contributed by atoms with Crippen LogP contribution >= 0.6 is 0 Å². The number of pyridine rings is 2. The van der Waals surface area contributed by atoms with E-state index in [-0.39, 0.29) is 66.8 Å². The van der Waals surface area contributed by atoms with Crippen molar-refractivity contribution in [1.82, 2.24) is 29.7 Å². The lowest BCUT2D eigenvalue weighted by molar-refractivity contribution is -0.131. The summed E-state index contributed by atoms with van der Waals surface area (Å²) in [5.74, 6) is 0.397. The molecule has 0 saturated carbocycles. The van der Waals surface area contributed by atoms with Crippen molar-refractivity contribution in [2.24, 2.45) is 0 Å². The summed E-state index contributed by atoms with van der Waals surface area (Å²) >= 11 is 0. The molecule has 1 amide bonds. The number of hydrogen-bond acceptors (Lipinski definition) is 9. The Labute approximate surface area is 309 Å². The lowest BCUT2D eigenvalue weighted by Crippen LogP contribution is -2.55. The maximum atomic E-state index is 17.0. The molecule has 0 bridgehead atoms. The second-order valence-corrected chi connectivity index (χ2v) is 13.9. The number of ether oxygens (including phenoxy) is 1. The summed E-state index contributed by atoms with van der Waals surface area (Å²) in [5, 5.41) is 11.5. The SMILES string of the molecule is C#Cc1cccc2cccc(-c3ncc4c(N5CCN(C(=O)/C(F)=C/c6ccccn6)[C@@H](CC#N)C5)nc(OC[C@@]56CCCN5C[C@H](F)C6)nc4c3F)c12. The number of aromatic nitrogens is 4. The second-order valence-electron chi connectivity index (χ2n) is 13.9. The number of fused-ring (bicyclic) bond motifs is 3. The van der Waals surface area contributed by atoms with Crippen LogP contribution in [0.5, 0.6) is 6.01 Å². The van der Waals surface area contributed by atoms with E-state index in [2.05, 4.69) is 31.8 Å². The van der Waals surface area contributed by atoms with Crippen LogP contribution in [0.2, 0.25) is 0 Å². The van der Waals surface area contributed by atoms with Crippen molar-refractivity contribution in [1.29, 1.82) is 5.26 Å². The second kappa shape index (κ2) is 14.4. The van der Waals surface area contributed by atoms with Gasteiger partial charge in [-0.3, -0.25) is 19.7 Å². The Morgan fingerprint density at radius 1 is 1.07 bits per heavy atom. The van der Waals surface area contributed by atoms with Crippen LogP contribution in [0, 0.1) is 29.5 Å². The van der Waals surface area contributed by atoms with Gasteiger partial charge in [0.1, 0.15) is 29.8 Å². The van der Waals surface area contributed by atoms with Crippen LogP contribution in [0.4, 0.5) is 19.0 Å². The molecular weight excluding hydrogens is 693 g/mol. The van der Waals surface area contributed by atoms with E-state index < -0.39 is 35.3 Å². The Bertz CT molecular complexity index is 2370. The van der Waals surface area contributed by atoms with Gasteiger partial charge in [-0.2, -0.15) is 15.2 Å². The van der Waals surface area contributed by atoms with Gasteiger partial charge in [0.25, 0.3) is 5.91 Å². The normalized spacial score (nSPS) is 21.6. The summed E-state index contributed by atoms with van der Waals surface area (Å²) < 4.78 is 53.1. The number of carbonyl (C=O) groups excluding carboxylic acids is 1. The fourth-order valence-corrected chi connectivity index (χ4v) is 8.21. The molecule has 272 valence electrons. The molecule has 6 heterocycles. The molecule has 10 nitrogen and oxygen atoms in total. The standard InChI is InChI=1S/C41H35F3N8O2/c1-2-26-8-5-9-27-10-6-12-31(34(26)27)36-35(44)37-32(22-47-36)38(49-40(48-37)54-25-41-14-7-17-51(41)23-28(42)21-41)50-18-19-52(30(24-50)13-15-45)39(53)33(43)20-29-11-3-4-16-46-29/h1,3-6,8-12,16,20,22,28,30H,7,13-14,17-19,21,23-25H2/b33-20-/t28-,30+,41+/m1/s1. The molecule has 3 aliphatic rings. The Hall–Kier alpha value is -6.05. The van der Waals surface area contributed by atoms with Crippen LogP contribution in [-0.4, -0.2) is 92.7 Å². The highest BCUT2D eigenvalue weighted by atomic mass is 19.1. The number of piperazine rings is 1. The van der Waals surface area contributed by atoms with Gasteiger partial charge in [-0.25, -0.2) is 13.2 Å². The highest BCUT2D eigenvalue weighted by Gasteiger charge is 2.49. The number of halogens is 3. The Balaban J connectivity index is 1.19. The summed E-state index contributed by atoms with van der Waals surface area (Å²) in [4.78, 5) is 36.6. The van der Waals surface area contributed by atoms with Gasteiger partial charge in [-0.1, -0.05) is 42.3 Å². The lowest BCUT2D eigenvalue weighted by Gasteiger charge is -2.41. The number of terminal acetylenes is 1. The molecule has 13 heteroatoms. The largest absolute Gasteiger partial charge is 0.461 e. The van der Waals surface area contributed by atoms with Crippen molar-refractivity contribution in [2.45, 2.75) is 43.4 Å². The first-order chi connectivity index (χ1) is 26.3. The zero-order valence-electron chi connectivity index (χ0n) is 29.3. The molecule has 5 aromatic rings. The van der Waals surface area contributed by atoms with Gasteiger partial charge in [0.05, 0.1) is 35.2 Å². The van der Waals surface area contributed by atoms with Crippen molar-refractivity contribution >= 4 is 39.5 Å². The Morgan fingerprint density at radius 2 is 1.93 bits per heavy atom. The number of hydrogen-bond donors (Lipinski definition) is 0. The van der Waals surface area contributed by atoms with Gasteiger partial charge in [0, 0.05) is 67.6 Å². The monoisotopic (exact) mass is 728 g/mol. The van der Waals surface area contributed by atoms with E-state index in [0.29, 0.717) is 29.5 Å². The third-order valence-electron chi connectivity index (χ3n) is 10.7. The summed E-state index contributed by atoms with van der Waals surface area (Å²) in [6.07, 6.45) is 10.8. The number of anilines is 1. The van der Waals surface area contributed by atoms with Crippen LogP contribution < -0.4 is 9.64 Å². The minimum Gasteiger partial charge on any atom is -0.461 e. The third-order valence-corrected chi connectivity index (χ3v) is 10.7. The quantitative estimate of drug-likeness (QED) is 0.135. The van der Waals surface area contributed by atoms with Crippen LogP contribution in [0.15, 0.2) is 72.8 Å². The Kier molecular flexibility index (Phi) is 9.34. The molecule has 54 heavy (non-hydrogen) atoms. The number of nitriles is 1. The number of rotatable bonds is 8. The molecule has 8 rings (SSSR count). The third kappa shape index (κ3) is 6.35. The van der Waals surface area contributed by atoms with E-state index in [1.807, 2.05) is 23.1 Å². The first-order valence-electron chi connectivity index (χ1n) is 17.9. The highest BCUT2D eigenvalue weighted by molar-refractivity contribution is 6.02. The zero-order valence-corrected chi connectivity index (χ0v) is 29.3. The topological polar surface area (TPSA) is 111 Å². The molecule has 0 N–H and O–H groups in total. The maximum absolute atomic E-state index is 17.0. The fourth-order valence-electron chi connectivity index (χ4n) is 8.21. The van der Waals surface area contributed by atoms with Crippen molar-refractivity contribution in [2.75, 3.05) is 44.2 Å². The molecular formula is C41H35F3N8O2. The van der Waals surface area contributed by atoms with E-state index in [9.17, 15) is 14.4 Å². The smallest absolute Gasteiger partial charge is 0.319 e. The zero-order chi connectivity index (χ0) is 37.4. The molecule has 3 atom stereocenters. The van der Waals surface area contributed by atoms with Gasteiger partial charge in [-0.15, -0.1) is 6.42 Å². The predicted octanol–water partition coefficient (Wildman–Crippen LogP) is 6.26. The number of nitrogens with zero attached hydrogens (tertiary/aromatic N) is 8. The average Bonchev–Trinajstić information content (AvgIpc) is 3.72. The van der Waals surface area contributed by atoms with Gasteiger partial charge >= 0.3 is 6.01 Å². The fraction of sp³-hybridized carbons (Fsp3) is 0.317. The minimum atomic E-state index is -1.00. The predicted molar refractivity (Wildman–Crippen MR) is 198 cm³/mol. The molecule has 3 saturated heterocycles. The maximum Gasteiger partial charge on any atom is 0.319 e. The van der Waals surface area contributed by atoms with Crippen molar-refractivity contribution in [3.05, 3.63) is 89.9 Å². The van der Waals surface area contributed by atoms with Crippen LogP contribution in [0.3, 0.4) is 0 Å². The molecule has 0 radical (unpaired) electrons. The minimum absolute atomic E-state index is 0.0379. The summed E-state index contributed by atoms with van der Waals surface area (Å²) in [5.41, 5.74) is 0.839. The Morgan fingerprint density at radius 3 is 2.72 bits per heavy atom. The van der Waals surface area contributed by atoms with E-state index >= 15 is 8.78 Å². The molecule has 3 aromatic heterocycles. The first-order valence-corrected chi connectivity index (χ1v) is 17.9. The highest BCUT2D eigenvalue weighted by Crippen LogP contribution is 2.41. The first kappa shape index (κ1) is 35.0. The van der Waals surface area contributed by atoms with E-state index in [1.165, 1.54) is 17.3 Å². The average molecular weight is 729 g/mol. The molecule has 2 aromatic carbocycles. The van der Waals surface area contributed by atoms with Crippen molar-refractivity contribution in [3.63, 3.8) is 0 Å². The lowest BCUT2D eigenvalue weighted by atomic mass is 9.95. The van der Waals surface area contributed by atoms with E-state index in [1.54, 1.807) is 36.4 Å². The molecule has 3 fully saturated rings. The number of amides is 1. The van der Waals surface area contributed by atoms with Crippen LogP contribution in [-0.2, 0) is 4.79 Å². The molecule has 0 spiro atoms. The number of benzene rings is 2. The van der Waals surface area contributed by atoms with Gasteiger partial charge in [-0.05, 0) is 43.0 Å². The summed E-state index contributed by atoms with van der Waals surface area (Å²) in [6.45, 7) is 1.53. The van der Waals surface area contributed by atoms with Crippen molar-refractivity contribution < 1.29 is 22.7 Å². The van der Waals surface area contributed by atoms with Gasteiger partial charge in [0.2, 0.25) is 0 Å². The van der Waals surface area contributed by atoms with Gasteiger partial charge < -0.3 is 14.5 Å². The summed E-state index contributed by atoms with van der Waals surface area (Å²) in [7, 11) is 0. The summed E-state index contributed by atoms with van der Waals surface area (Å²) in [6, 6.07) is 17.2. The number of alkyl halides is 1. The van der Waals surface area contributed by atoms with Crippen LogP contribution in [0.1, 0.15) is 36.9 Å². The molecule has 3 aliphatic heterocycles. The van der Waals surface area contributed by atoms with E-state index in [0.717, 1.165) is 30.8 Å². The number of carbonyl (C=O) groups is 1. The van der Waals surface area contributed by atoms with Crippen LogP contribution in [0.25, 0.3) is 39.0 Å². The molecule has 0 aliphatic carbocycles. The van der Waals surface area contributed by atoms with E-state index in [4.69, 9.17) is 16.1 Å².